The van der Waals surface area contributed by atoms with E-state index < -0.39 is 0 Å². The molecule has 0 radical (unpaired) electrons. The van der Waals surface area contributed by atoms with E-state index in [0.717, 1.165) is 5.56 Å². The van der Waals surface area contributed by atoms with Crippen molar-refractivity contribution in [2.75, 3.05) is 6.54 Å². The van der Waals surface area contributed by atoms with E-state index in [1.807, 2.05) is 43.0 Å². The Labute approximate surface area is 100 Å². The van der Waals surface area contributed by atoms with Gasteiger partial charge in [-0.3, -0.25) is 0 Å². The minimum absolute atomic E-state index is 0.0000227. The van der Waals surface area contributed by atoms with Crippen molar-refractivity contribution in [2.45, 2.75) is 25.9 Å². The number of benzene rings is 1. The molecular formula is C12H15ClN2O. The van der Waals surface area contributed by atoms with Crippen LogP contribution in [0, 0.1) is 0 Å². The summed E-state index contributed by atoms with van der Waals surface area (Å²) in [6.45, 7) is 4.73. The van der Waals surface area contributed by atoms with E-state index in [1.54, 1.807) is 0 Å². The van der Waals surface area contributed by atoms with Crippen LogP contribution in [0.15, 0.2) is 24.3 Å². The molecule has 1 N–H and O–H groups in total. The number of nitrogens with zero attached hydrogens (tertiary/aromatic N) is 1. The highest BCUT2D eigenvalue weighted by Gasteiger charge is 2.31. The molecule has 1 aromatic rings. The lowest BCUT2D eigenvalue weighted by Crippen LogP contribution is -2.33. The lowest BCUT2D eigenvalue weighted by Gasteiger charge is -2.18. The summed E-state index contributed by atoms with van der Waals surface area (Å²) in [5.41, 5.74) is 1.06. The fourth-order valence-corrected chi connectivity index (χ4v) is 2.11. The van der Waals surface area contributed by atoms with E-state index in [-0.39, 0.29) is 18.1 Å². The molecule has 16 heavy (non-hydrogen) atoms. The highest BCUT2D eigenvalue weighted by molar-refractivity contribution is 6.30. The number of rotatable bonds is 2. The number of nitrogens with one attached hydrogen (secondary N) is 1. The van der Waals surface area contributed by atoms with Crippen LogP contribution >= 0.6 is 11.6 Å². The molecule has 1 unspecified atom stereocenters. The van der Waals surface area contributed by atoms with Crippen LogP contribution in [0.1, 0.15) is 25.5 Å². The van der Waals surface area contributed by atoms with Gasteiger partial charge in [0.1, 0.15) is 0 Å². The Kier molecular flexibility index (Phi) is 3.06. The molecule has 86 valence electrons. The number of carbonyl (C=O) groups is 1. The van der Waals surface area contributed by atoms with Gasteiger partial charge in [0.15, 0.2) is 0 Å². The molecule has 2 rings (SSSR count). The second kappa shape index (κ2) is 4.34. The van der Waals surface area contributed by atoms with Gasteiger partial charge in [-0.2, -0.15) is 0 Å². The van der Waals surface area contributed by atoms with Gasteiger partial charge in [-0.15, -0.1) is 0 Å². The molecule has 0 bridgehead atoms. The molecule has 1 fully saturated rings. The van der Waals surface area contributed by atoms with Gasteiger partial charge in [-0.25, -0.2) is 4.79 Å². The van der Waals surface area contributed by atoms with Crippen molar-refractivity contribution < 1.29 is 4.79 Å². The number of hydrogen-bond acceptors (Lipinski definition) is 1. The number of hydrogen-bond donors (Lipinski definition) is 1. The molecular weight excluding hydrogens is 224 g/mol. The van der Waals surface area contributed by atoms with Crippen LogP contribution < -0.4 is 5.32 Å². The zero-order valence-electron chi connectivity index (χ0n) is 9.40. The van der Waals surface area contributed by atoms with Crippen molar-refractivity contribution in [3.8, 4) is 0 Å². The fraction of sp³-hybridized carbons (Fsp3) is 0.417. The smallest absolute Gasteiger partial charge is 0.318 e. The highest BCUT2D eigenvalue weighted by atomic mass is 35.5. The van der Waals surface area contributed by atoms with E-state index in [4.69, 9.17) is 11.6 Å². The second-order valence-corrected chi connectivity index (χ2v) is 4.74. The van der Waals surface area contributed by atoms with Crippen molar-refractivity contribution in [2.24, 2.45) is 0 Å². The van der Waals surface area contributed by atoms with Crippen LogP contribution in [0.2, 0.25) is 5.02 Å². The van der Waals surface area contributed by atoms with Crippen LogP contribution in [0.4, 0.5) is 4.79 Å². The third kappa shape index (κ3) is 2.14. The van der Waals surface area contributed by atoms with Gasteiger partial charge in [0, 0.05) is 17.6 Å². The maximum absolute atomic E-state index is 11.7. The molecule has 2 amide bonds. The lowest BCUT2D eigenvalue weighted by atomic mass is 10.1. The Morgan fingerprint density at radius 2 is 2.25 bits per heavy atom. The van der Waals surface area contributed by atoms with Crippen LogP contribution in [0.3, 0.4) is 0 Å². The largest absolute Gasteiger partial charge is 0.329 e. The molecule has 1 aliphatic heterocycles. The first-order valence-electron chi connectivity index (χ1n) is 5.40. The summed E-state index contributed by atoms with van der Waals surface area (Å²) in [6, 6.07) is 7.90. The number of carbonyl (C=O) groups excluding carboxylic acids is 1. The SMILES string of the molecule is CC(C)N1CC(c2cccc(Cl)c2)NC1=O. The average molecular weight is 239 g/mol. The Morgan fingerprint density at radius 1 is 1.50 bits per heavy atom. The summed E-state index contributed by atoms with van der Waals surface area (Å²) in [6.07, 6.45) is 0. The maximum Gasteiger partial charge on any atom is 0.318 e. The molecule has 0 saturated carbocycles. The van der Waals surface area contributed by atoms with Gasteiger partial charge < -0.3 is 10.2 Å². The van der Waals surface area contributed by atoms with Gasteiger partial charge in [-0.1, -0.05) is 23.7 Å². The van der Waals surface area contributed by atoms with Crippen molar-refractivity contribution >= 4 is 17.6 Å². The van der Waals surface area contributed by atoms with Gasteiger partial charge in [-0.05, 0) is 31.5 Å². The van der Waals surface area contributed by atoms with Crippen LogP contribution in [-0.2, 0) is 0 Å². The van der Waals surface area contributed by atoms with Crippen molar-refractivity contribution in [3.63, 3.8) is 0 Å². The molecule has 1 aromatic carbocycles. The molecule has 4 heteroatoms. The normalized spacial score (nSPS) is 20.4. The molecule has 1 heterocycles. The van der Waals surface area contributed by atoms with Gasteiger partial charge >= 0.3 is 6.03 Å². The maximum atomic E-state index is 11.7. The first-order valence-corrected chi connectivity index (χ1v) is 5.78. The molecule has 1 atom stereocenters. The molecule has 0 aromatic heterocycles. The minimum atomic E-state index is -0.0000227. The van der Waals surface area contributed by atoms with E-state index >= 15 is 0 Å². The topological polar surface area (TPSA) is 32.3 Å². The van der Waals surface area contributed by atoms with E-state index in [2.05, 4.69) is 5.32 Å². The van der Waals surface area contributed by atoms with E-state index in [9.17, 15) is 4.79 Å². The second-order valence-electron chi connectivity index (χ2n) is 4.30. The van der Waals surface area contributed by atoms with Crippen LogP contribution in [0.25, 0.3) is 0 Å². The Morgan fingerprint density at radius 3 is 2.81 bits per heavy atom. The monoisotopic (exact) mass is 238 g/mol. The first-order chi connectivity index (χ1) is 7.58. The molecule has 0 spiro atoms. The van der Waals surface area contributed by atoms with E-state index in [1.165, 1.54) is 0 Å². The van der Waals surface area contributed by atoms with E-state index in [0.29, 0.717) is 11.6 Å². The van der Waals surface area contributed by atoms with Gasteiger partial charge in [0.25, 0.3) is 0 Å². The predicted molar refractivity (Wildman–Crippen MR) is 64.6 cm³/mol. The van der Waals surface area contributed by atoms with Crippen molar-refractivity contribution in [1.82, 2.24) is 10.2 Å². The average Bonchev–Trinajstić information content (AvgIpc) is 2.60. The zero-order valence-corrected chi connectivity index (χ0v) is 10.2. The van der Waals surface area contributed by atoms with Crippen molar-refractivity contribution in [3.05, 3.63) is 34.9 Å². The Bertz CT molecular complexity index is 406. The lowest BCUT2D eigenvalue weighted by molar-refractivity contribution is 0.206. The Balaban J connectivity index is 2.17. The minimum Gasteiger partial charge on any atom is -0.329 e. The van der Waals surface area contributed by atoms with Gasteiger partial charge in [0.05, 0.1) is 6.04 Å². The summed E-state index contributed by atoms with van der Waals surface area (Å²) < 4.78 is 0. The van der Waals surface area contributed by atoms with Crippen LogP contribution in [0.5, 0.6) is 0 Å². The molecule has 0 aliphatic carbocycles. The molecule has 1 aliphatic rings. The fourth-order valence-electron chi connectivity index (χ4n) is 1.91. The molecule has 3 nitrogen and oxygen atoms in total. The standard InChI is InChI=1S/C12H15ClN2O/c1-8(2)15-7-11(14-12(15)16)9-4-3-5-10(13)6-9/h3-6,8,11H,7H2,1-2H3,(H,14,16). The number of amides is 2. The third-order valence-corrected chi connectivity index (χ3v) is 3.05. The summed E-state index contributed by atoms with van der Waals surface area (Å²) in [7, 11) is 0. The van der Waals surface area contributed by atoms with Crippen LogP contribution in [-0.4, -0.2) is 23.5 Å². The summed E-state index contributed by atoms with van der Waals surface area (Å²) in [5.74, 6) is 0. The summed E-state index contributed by atoms with van der Waals surface area (Å²) in [5, 5.41) is 3.66. The highest BCUT2D eigenvalue weighted by Crippen LogP contribution is 2.23. The van der Waals surface area contributed by atoms with Gasteiger partial charge in [0.2, 0.25) is 0 Å². The number of halogens is 1. The predicted octanol–water partition coefficient (Wildman–Crippen LogP) is 2.81. The summed E-state index contributed by atoms with van der Waals surface area (Å²) in [4.78, 5) is 13.5. The third-order valence-electron chi connectivity index (χ3n) is 2.81. The van der Waals surface area contributed by atoms with Crippen molar-refractivity contribution in [1.29, 1.82) is 0 Å². The molecule has 1 saturated heterocycles. The summed E-state index contributed by atoms with van der Waals surface area (Å²) >= 11 is 5.93. The Hall–Kier alpha value is -1.22. The number of urea groups is 1. The zero-order chi connectivity index (χ0) is 11.7. The first kappa shape index (κ1) is 11.3. The quantitative estimate of drug-likeness (QED) is 0.844.